The summed E-state index contributed by atoms with van der Waals surface area (Å²) >= 11 is 0. The summed E-state index contributed by atoms with van der Waals surface area (Å²) in [5.41, 5.74) is 0.485. The van der Waals surface area contributed by atoms with Crippen molar-refractivity contribution in [2.24, 2.45) is 5.41 Å². The Labute approximate surface area is 134 Å². The number of rotatable bonds is 2. The van der Waals surface area contributed by atoms with Crippen LogP contribution in [0, 0.1) is 5.41 Å². The fourth-order valence-electron chi connectivity index (χ4n) is 3.82. The number of ether oxygens (including phenoxy) is 1. The first kappa shape index (κ1) is 15.5. The molecular formula is C17H20N2O4. The van der Waals surface area contributed by atoms with Gasteiger partial charge in [0.1, 0.15) is 11.9 Å². The molecule has 3 atom stereocenters. The first-order chi connectivity index (χ1) is 10.8. The molecule has 0 aliphatic carbocycles. The second-order valence-electron chi connectivity index (χ2n) is 6.58. The molecular weight excluding hydrogens is 296 g/mol. The second kappa shape index (κ2) is 5.37. The Morgan fingerprint density at radius 3 is 2.65 bits per heavy atom. The maximum Gasteiger partial charge on any atom is 0.308 e. The molecule has 6 nitrogen and oxygen atoms in total. The van der Waals surface area contributed by atoms with Crippen LogP contribution in [0.3, 0.4) is 0 Å². The van der Waals surface area contributed by atoms with Crippen LogP contribution in [0.25, 0.3) is 0 Å². The Balaban J connectivity index is 2.02. The molecule has 0 spiro atoms. The molecule has 0 unspecified atom stereocenters. The second-order valence-corrected chi connectivity index (χ2v) is 6.58. The highest BCUT2D eigenvalue weighted by Crippen LogP contribution is 2.52. The van der Waals surface area contributed by atoms with Crippen molar-refractivity contribution in [2.75, 3.05) is 0 Å². The number of likely N-dealkylation sites (tertiary alicyclic amines) is 1. The highest BCUT2D eigenvalue weighted by atomic mass is 16.5. The Bertz CT molecular complexity index is 687. The lowest BCUT2D eigenvalue weighted by Crippen LogP contribution is -2.46. The highest BCUT2D eigenvalue weighted by Gasteiger charge is 2.56. The quantitative estimate of drug-likeness (QED) is 0.666. The number of fused-ring (bicyclic) bond motifs is 1. The number of benzene rings is 1. The van der Waals surface area contributed by atoms with E-state index in [4.69, 9.17) is 4.74 Å². The molecule has 1 aromatic rings. The Morgan fingerprint density at radius 2 is 2.00 bits per heavy atom. The number of carbonyl (C=O) groups excluding carboxylic acids is 3. The van der Waals surface area contributed by atoms with Crippen LogP contribution >= 0.6 is 0 Å². The van der Waals surface area contributed by atoms with Crippen molar-refractivity contribution in [3.05, 3.63) is 29.8 Å². The zero-order chi connectivity index (χ0) is 16.8. The normalized spacial score (nSPS) is 29.2. The average Bonchev–Trinajstić information content (AvgIpc) is 2.86. The van der Waals surface area contributed by atoms with Gasteiger partial charge in [-0.1, -0.05) is 25.1 Å². The Morgan fingerprint density at radius 1 is 1.30 bits per heavy atom. The number of nitrogens with zero attached hydrogens (tertiary/aromatic N) is 1. The van der Waals surface area contributed by atoms with Crippen molar-refractivity contribution >= 4 is 17.8 Å². The van der Waals surface area contributed by atoms with Crippen molar-refractivity contribution in [3.8, 4) is 5.75 Å². The van der Waals surface area contributed by atoms with Gasteiger partial charge in [0.15, 0.2) is 0 Å². The molecule has 6 heteroatoms. The van der Waals surface area contributed by atoms with Crippen LogP contribution in [0.4, 0.5) is 0 Å². The number of hydrogen-bond acceptors (Lipinski definition) is 4. The third-order valence-corrected chi connectivity index (χ3v) is 4.69. The molecule has 23 heavy (non-hydrogen) atoms. The van der Waals surface area contributed by atoms with Gasteiger partial charge in [0.25, 0.3) is 0 Å². The summed E-state index contributed by atoms with van der Waals surface area (Å²) in [6.45, 7) is 4.86. The monoisotopic (exact) mass is 316 g/mol. The first-order valence-corrected chi connectivity index (χ1v) is 7.67. The maximum atomic E-state index is 12.2. The lowest BCUT2D eigenvalue weighted by Gasteiger charge is -2.30. The van der Waals surface area contributed by atoms with E-state index in [0.717, 1.165) is 5.56 Å². The molecule has 2 amide bonds. The van der Waals surface area contributed by atoms with Crippen molar-refractivity contribution in [3.63, 3.8) is 0 Å². The van der Waals surface area contributed by atoms with E-state index in [1.807, 2.05) is 19.1 Å². The molecule has 0 radical (unpaired) electrons. The van der Waals surface area contributed by atoms with E-state index in [9.17, 15) is 14.4 Å². The summed E-state index contributed by atoms with van der Waals surface area (Å²) in [6, 6.07) is 7.02. The number of amides is 2. The summed E-state index contributed by atoms with van der Waals surface area (Å²) in [5.74, 6) is -0.0743. The molecule has 2 aliphatic heterocycles. The lowest BCUT2D eigenvalue weighted by atomic mass is 9.83. The number of esters is 1. The van der Waals surface area contributed by atoms with Crippen LogP contribution < -0.4 is 10.1 Å². The fraction of sp³-hybridized carbons (Fsp3) is 0.471. The molecule has 1 aromatic carbocycles. The summed E-state index contributed by atoms with van der Waals surface area (Å²) in [6.07, 6.45) is 0.727. The van der Waals surface area contributed by atoms with E-state index in [-0.39, 0.29) is 29.4 Å². The number of carbonyl (C=O) groups is 3. The molecule has 122 valence electrons. The molecule has 0 saturated carbocycles. The number of hydrogen-bond donors (Lipinski definition) is 1. The van der Waals surface area contributed by atoms with E-state index >= 15 is 0 Å². The van der Waals surface area contributed by atoms with E-state index in [1.165, 1.54) is 13.8 Å². The molecule has 2 aliphatic rings. The minimum Gasteiger partial charge on any atom is -0.426 e. The Kier molecular flexibility index (Phi) is 3.62. The predicted octanol–water partition coefficient (Wildman–Crippen LogP) is 1.76. The average molecular weight is 316 g/mol. The van der Waals surface area contributed by atoms with Crippen molar-refractivity contribution in [2.45, 2.75) is 45.8 Å². The van der Waals surface area contributed by atoms with Gasteiger partial charge in [-0.2, -0.15) is 0 Å². The third-order valence-electron chi connectivity index (χ3n) is 4.69. The highest BCUT2D eigenvalue weighted by molar-refractivity contribution is 5.83. The van der Waals surface area contributed by atoms with Gasteiger partial charge in [0, 0.05) is 31.2 Å². The topological polar surface area (TPSA) is 75.7 Å². The van der Waals surface area contributed by atoms with Gasteiger partial charge < -0.3 is 15.0 Å². The van der Waals surface area contributed by atoms with Crippen LogP contribution in [0.2, 0.25) is 0 Å². The molecule has 2 fully saturated rings. The molecule has 3 rings (SSSR count). The smallest absolute Gasteiger partial charge is 0.308 e. The van der Waals surface area contributed by atoms with Crippen LogP contribution in [-0.2, 0) is 14.4 Å². The predicted molar refractivity (Wildman–Crippen MR) is 82.3 cm³/mol. The third kappa shape index (κ3) is 2.58. The fourth-order valence-corrected chi connectivity index (χ4v) is 3.82. The molecule has 2 heterocycles. The van der Waals surface area contributed by atoms with Gasteiger partial charge in [0.05, 0.1) is 6.04 Å². The molecule has 2 saturated heterocycles. The number of para-hydroxylation sites is 1. The minimum absolute atomic E-state index is 0.0320. The zero-order valence-corrected chi connectivity index (χ0v) is 13.5. The summed E-state index contributed by atoms with van der Waals surface area (Å²) in [5, 5.41) is 2.91. The lowest BCUT2D eigenvalue weighted by molar-refractivity contribution is -0.133. The summed E-state index contributed by atoms with van der Waals surface area (Å²) in [4.78, 5) is 37.0. The van der Waals surface area contributed by atoms with Crippen molar-refractivity contribution in [1.82, 2.24) is 10.2 Å². The molecule has 0 bridgehead atoms. The van der Waals surface area contributed by atoms with Gasteiger partial charge in [-0.05, 0) is 12.5 Å². The first-order valence-electron chi connectivity index (χ1n) is 7.67. The van der Waals surface area contributed by atoms with Crippen molar-refractivity contribution in [1.29, 1.82) is 0 Å². The van der Waals surface area contributed by atoms with Crippen molar-refractivity contribution < 1.29 is 19.1 Å². The molecule has 1 N–H and O–H groups in total. The van der Waals surface area contributed by atoms with Gasteiger partial charge in [-0.15, -0.1) is 0 Å². The van der Waals surface area contributed by atoms with Crippen LogP contribution in [0.1, 0.15) is 45.2 Å². The van der Waals surface area contributed by atoms with Crippen LogP contribution in [0.5, 0.6) is 5.75 Å². The zero-order valence-electron chi connectivity index (χ0n) is 13.5. The Hall–Kier alpha value is -2.37. The van der Waals surface area contributed by atoms with Gasteiger partial charge >= 0.3 is 5.97 Å². The SMILES string of the molecule is CC(=O)Oc1ccccc1[C@H]1C[C@]2(C)CC(=O)N[C@@H]2N1C(C)=O. The minimum atomic E-state index is -0.399. The van der Waals surface area contributed by atoms with Gasteiger partial charge in [0.2, 0.25) is 11.8 Å². The van der Waals surface area contributed by atoms with E-state index in [2.05, 4.69) is 5.32 Å². The standard InChI is InChI=1S/C17H20N2O4/c1-10(20)19-13(8-17(3)9-15(22)18-16(17)19)12-6-4-5-7-14(12)23-11(2)21/h4-7,13,16H,8-9H2,1-3H3,(H,18,22)/t13-,16-,17-/m1/s1. The van der Waals surface area contributed by atoms with Gasteiger partial charge in [-0.25, -0.2) is 0 Å². The largest absolute Gasteiger partial charge is 0.426 e. The molecule has 0 aromatic heterocycles. The van der Waals surface area contributed by atoms with E-state index in [0.29, 0.717) is 18.6 Å². The van der Waals surface area contributed by atoms with E-state index < -0.39 is 5.97 Å². The maximum absolute atomic E-state index is 12.2. The van der Waals surface area contributed by atoms with Gasteiger partial charge in [-0.3, -0.25) is 14.4 Å². The summed E-state index contributed by atoms with van der Waals surface area (Å²) < 4.78 is 5.30. The van der Waals surface area contributed by atoms with Crippen LogP contribution in [0.15, 0.2) is 24.3 Å². The summed E-state index contributed by atoms with van der Waals surface area (Å²) in [7, 11) is 0. The van der Waals surface area contributed by atoms with Crippen LogP contribution in [-0.4, -0.2) is 28.8 Å². The number of nitrogens with one attached hydrogen (secondary N) is 1. The van der Waals surface area contributed by atoms with E-state index in [1.54, 1.807) is 17.0 Å².